The third kappa shape index (κ3) is 9.97. The van der Waals surface area contributed by atoms with Gasteiger partial charge < -0.3 is 8.98 Å². The zero-order valence-electron chi connectivity index (χ0n) is 41.4. The molecule has 10 aromatic rings. The van der Waals surface area contributed by atoms with Crippen molar-refractivity contribution >= 4 is 61.5 Å². The van der Waals surface area contributed by atoms with Gasteiger partial charge in [0.1, 0.15) is 11.8 Å². The van der Waals surface area contributed by atoms with E-state index in [-0.39, 0.29) is 31.9 Å². The van der Waals surface area contributed by atoms with E-state index in [1.807, 2.05) is 55.6 Å². The Morgan fingerprint density at radius 1 is 0.754 bits per heavy atom. The van der Waals surface area contributed by atoms with Crippen LogP contribution < -0.4 is 4.40 Å². The first kappa shape index (κ1) is 49.2. The number of nitrogens with zero attached hydrogens (tertiary/aromatic N) is 6. The maximum atomic E-state index is 9.47. The molecule has 5 aromatic carbocycles. The van der Waals surface area contributed by atoms with Gasteiger partial charge in [0.2, 0.25) is 5.71 Å². The topological polar surface area (TPSA) is 93.4 Å². The molecule has 349 valence electrons. The standard InChI is InChI=1S/C41H32N5O.C19H26GeN.Ir/c1-23(2)34-20-29(28-14-13-26-9-6-7-10-27(26)19-28)21-35(24(3)4)38(34)46-37-25(5)43-18-17-36(37)45-40(46)33-12-8-11-31-32-16-15-30(22-42)44-41(32)47-39(31)33;1-19(2,3)13-16-12-18(15-10-8-7-9-11-15)21-14-17(16)20(4,5)6;/h6-11,13-21,23-24H,1-5H3;7-10,12,14H,13H2,1-6H3;/q2*-1;. The number of rotatable bonds is 8. The molecule has 0 saturated heterocycles. The average Bonchev–Trinajstić information content (AvgIpc) is 3.89. The molecular weight excluding hydrogens is 1090 g/mol. The Morgan fingerprint density at radius 3 is 2.14 bits per heavy atom. The van der Waals surface area contributed by atoms with Crippen molar-refractivity contribution < 1.29 is 24.5 Å². The summed E-state index contributed by atoms with van der Waals surface area (Å²) in [6.07, 6.45) is 5.05. The fraction of sp³-hybridized carbons (Fsp3) is 0.250. The molecule has 1 radical (unpaired) electrons. The molecule has 7 nitrogen and oxygen atoms in total. The predicted molar refractivity (Wildman–Crippen MR) is 283 cm³/mol. The van der Waals surface area contributed by atoms with Crippen molar-refractivity contribution in [1.82, 2.24) is 24.5 Å². The molecule has 0 amide bonds. The van der Waals surface area contributed by atoms with E-state index in [9.17, 15) is 5.26 Å². The van der Waals surface area contributed by atoms with Gasteiger partial charge in [-0.25, -0.2) is 4.98 Å². The zero-order chi connectivity index (χ0) is 48.1. The molecular formula is C60H58GeIrN6O-2. The smallest absolute Gasteiger partial charge is 0.217 e. The normalized spacial score (nSPS) is 11.9. The third-order valence-corrected chi connectivity index (χ3v) is 16.9. The molecule has 0 unspecified atom stereocenters. The van der Waals surface area contributed by atoms with Crippen molar-refractivity contribution in [3.05, 3.63) is 168 Å². The van der Waals surface area contributed by atoms with Crippen molar-refractivity contribution in [2.24, 2.45) is 5.41 Å². The molecule has 0 aliphatic rings. The van der Waals surface area contributed by atoms with Crippen molar-refractivity contribution in [3.8, 4) is 45.5 Å². The summed E-state index contributed by atoms with van der Waals surface area (Å²) in [5.41, 5.74) is 14.6. The van der Waals surface area contributed by atoms with Crippen molar-refractivity contribution in [2.75, 3.05) is 0 Å². The average molecular weight is 1140 g/mol. The molecule has 69 heavy (non-hydrogen) atoms. The second kappa shape index (κ2) is 19.6. The quantitative estimate of drug-likeness (QED) is 0.111. The first-order chi connectivity index (χ1) is 32.5. The summed E-state index contributed by atoms with van der Waals surface area (Å²) >= 11 is -1.90. The van der Waals surface area contributed by atoms with Gasteiger partial charge in [-0.1, -0.05) is 75.0 Å². The van der Waals surface area contributed by atoms with Crippen LogP contribution in [0.15, 0.2) is 132 Å². The summed E-state index contributed by atoms with van der Waals surface area (Å²) in [5, 5.41) is 13.7. The number of furan rings is 1. The molecule has 0 aliphatic heterocycles. The molecule has 0 saturated carbocycles. The number of aryl methyl sites for hydroxylation is 1. The van der Waals surface area contributed by atoms with Crippen molar-refractivity contribution in [1.29, 1.82) is 5.26 Å². The molecule has 0 aliphatic carbocycles. The second-order valence-corrected chi connectivity index (χ2v) is 31.3. The first-order valence-corrected chi connectivity index (χ1v) is 31.0. The number of aromatic nitrogens is 5. The molecule has 9 heteroatoms. The summed E-state index contributed by atoms with van der Waals surface area (Å²) in [7, 11) is 0. The van der Waals surface area contributed by atoms with Gasteiger partial charge in [0.05, 0.1) is 28.1 Å². The van der Waals surface area contributed by atoms with Crippen LogP contribution in [0.4, 0.5) is 0 Å². The van der Waals surface area contributed by atoms with E-state index in [0.29, 0.717) is 22.4 Å². The van der Waals surface area contributed by atoms with Gasteiger partial charge in [-0.15, -0.1) is 18.2 Å². The van der Waals surface area contributed by atoms with Crippen LogP contribution in [0.5, 0.6) is 0 Å². The summed E-state index contributed by atoms with van der Waals surface area (Å²) in [4.78, 5) is 19.2. The Labute approximate surface area is 422 Å². The number of fused-ring (bicyclic) bond motifs is 5. The Bertz CT molecular complexity index is 3520. The van der Waals surface area contributed by atoms with Gasteiger partial charge in [-0.3, -0.25) is 9.97 Å². The third-order valence-electron chi connectivity index (χ3n) is 12.6. The van der Waals surface area contributed by atoms with Crippen LogP contribution >= 0.6 is 0 Å². The fourth-order valence-corrected chi connectivity index (χ4v) is 12.7. The van der Waals surface area contributed by atoms with Crippen molar-refractivity contribution in [3.63, 3.8) is 0 Å². The van der Waals surface area contributed by atoms with Crippen LogP contribution in [0, 0.1) is 35.8 Å². The van der Waals surface area contributed by atoms with Crippen LogP contribution in [0.25, 0.3) is 83.3 Å². The predicted octanol–water partition coefficient (Wildman–Crippen LogP) is 15.1. The molecule has 0 spiro atoms. The number of hydrogen-bond donors (Lipinski definition) is 0. The van der Waals surface area contributed by atoms with Crippen molar-refractivity contribution in [2.45, 2.75) is 90.9 Å². The van der Waals surface area contributed by atoms with Crippen LogP contribution in [-0.4, -0.2) is 37.8 Å². The Hall–Kier alpha value is -6.24. The zero-order valence-corrected chi connectivity index (χ0v) is 45.9. The molecule has 10 rings (SSSR count). The van der Waals surface area contributed by atoms with E-state index in [2.05, 4.69) is 166 Å². The minimum atomic E-state index is -1.90. The minimum Gasteiger partial charge on any atom is -0.486 e. The SMILES string of the molecule is CC(C)(C)Cc1cc(-c2[c-]cccc2)nc[c]1[Ge]([CH3])([CH3])[CH3].Cc1nccc2nc(-c3[c-]ccc4c3oc3nc(C#N)ccc34)n(-c3c(C(C)C)cc(-c4ccc5ccccc5c4)cc3C(C)C)c12.[Ir]. The van der Waals surface area contributed by atoms with E-state index >= 15 is 0 Å². The molecule has 5 aromatic heterocycles. The molecule has 0 N–H and O–H groups in total. The van der Waals surface area contributed by atoms with Gasteiger partial charge in [-0.2, -0.15) is 5.26 Å². The Kier molecular flexibility index (Phi) is 14.0. The second-order valence-electron chi connectivity index (χ2n) is 20.8. The van der Waals surface area contributed by atoms with Crippen LogP contribution in [-0.2, 0) is 26.5 Å². The first-order valence-electron chi connectivity index (χ1n) is 23.6. The number of pyridine rings is 3. The van der Waals surface area contributed by atoms with E-state index < -0.39 is 13.3 Å². The molecule has 0 bridgehead atoms. The summed E-state index contributed by atoms with van der Waals surface area (Å²) < 4.78 is 10.2. The van der Waals surface area contributed by atoms with Gasteiger partial charge in [-0.05, 0) is 88.2 Å². The summed E-state index contributed by atoms with van der Waals surface area (Å²) in [6, 6.07) is 48.6. The van der Waals surface area contributed by atoms with Gasteiger partial charge in [0.15, 0.2) is 0 Å². The number of imidazole rings is 1. The van der Waals surface area contributed by atoms with Gasteiger partial charge in [0.25, 0.3) is 0 Å². The van der Waals surface area contributed by atoms with Crippen LogP contribution in [0.2, 0.25) is 17.3 Å². The number of nitriles is 1. The summed E-state index contributed by atoms with van der Waals surface area (Å²) in [6.45, 7) is 18.0. The molecule has 0 atom stereocenters. The minimum absolute atomic E-state index is 0. The fourth-order valence-electron chi connectivity index (χ4n) is 9.36. The van der Waals surface area contributed by atoms with E-state index in [0.717, 1.165) is 62.3 Å². The monoisotopic (exact) mass is 1150 g/mol. The Morgan fingerprint density at radius 2 is 1.48 bits per heavy atom. The summed E-state index contributed by atoms with van der Waals surface area (Å²) in [5.74, 6) is 8.48. The van der Waals surface area contributed by atoms with Crippen LogP contribution in [0.1, 0.15) is 88.4 Å². The number of hydrogen-bond acceptors (Lipinski definition) is 6. The maximum absolute atomic E-state index is 9.47. The van der Waals surface area contributed by atoms with E-state index in [4.69, 9.17) is 19.4 Å². The Balaban J connectivity index is 0.000000246. The van der Waals surface area contributed by atoms with Gasteiger partial charge in [0, 0.05) is 37.4 Å². The largest absolute Gasteiger partial charge is 0.486 e. The van der Waals surface area contributed by atoms with Crippen LogP contribution in [0.3, 0.4) is 0 Å². The van der Waals surface area contributed by atoms with E-state index in [1.54, 1.807) is 6.07 Å². The molecule has 5 heterocycles. The number of benzene rings is 5. The molecule has 0 fully saturated rings. The maximum Gasteiger partial charge on any atom is 0.217 e. The van der Waals surface area contributed by atoms with E-state index in [1.165, 1.54) is 43.0 Å². The van der Waals surface area contributed by atoms with Gasteiger partial charge >= 0.3 is 132 Å².